The molecule has 0 aromatic heterocycles. The Hall–Kier alpha value is -2.69. The van der Waals surface area contributed by atoms with Gasteiger partial charge in [0.15, 0.2) is 6.61 Å². The quantitative estimate of drug-likeness (QED) is 0.765. The molecule has 0 radical (unpaired) electrons. The molecule has 2 rings (SSSR count). The summed E-state index contributed by atoms with van der Waals surface area (Å²) >= 11 is 0. The van der Waals surface area contributed by atoms with Crippen LogP contribution in [0.1, 0.15) is 28.4 Å². The van der Waals surface area contributed by atoms with E-state index < -0.39 is 11.9 Å². The van der Waals surface area contributed by atoms with Gasteiger partial charge in [0, 0.05) is 19.2 Å². The van der Waals surface area contributed by atoms with Gasteiger partial charge in [0.1, 0.15) is 5.82 Å². The Balaban J connectivity index is 1.87. The van der Waals surface area contributed by atoms with Crippen LogP contribution in [0.15, 0.2) is 48.5 Å². The SMILES string of the molecule is CCc1ccc(C(=O)OCC(=O)N(C)Cc2ccccc2F)cc1. The first-order chi connectivity index (χ1) is 11.5. The van der Waals surface area contributed by atoms with E-state index in [1.54, 1.807) is 37.4 Å². The van der Waals surface area contributed by atoms with Crippen molar-refractivity contribution in [3.05, 3.63) is 71.0 Å². The standard InChI is InChI=1S/C19H20FNO3/c1-3-14-8-10-15(11-9-14)19(23)24-13-18(22)21(2)12-16-6-4-5-7-17(16)20/h4-11H,3,12-13H2,1-2H3. The first-order valence-corrected chi connectivity index (χ1v) is 7.74. The van der Waals surface area contributed by atoms with Gasteiger partial charge in [0.2, 0.25) is 0 Å². The van der Waals surface area contributed by atoms with Crippen molar-refractivity contribution in [1.82, 2.24) is 4.90 Å². The van der Waals surface area contributed by atoms with Crippen molar-refractivity contribution in [2.45, 2.75) is 19.9 Å². The summed E-state index contributed by atoms with van der Waals surface area (Å²) in [6.07, 6.45) is 0.884. The second-order valence-corrected chi connectivity index (χ2v) is 5.47. The minimum absolute atomic E-state index is 0.119. The molecule has 0 N–H and O–H groups in total. The van der Waals surface area contributed by atoms with Crippen molar-refractivity contribution in [2.75, 3.05) is 13.7 Å². The largest absolute Gasteiger partial charge is 0.452 e. The molecule has 5 heteroatoms. The van der Waals surface area contributed by atoms with E-state index in [9.17, 15) is 14.0 Å². The molecule has 126 valence electrons. The first-order valence-electron chi connectivity index (χ1n) is 7.74. The van der Waals surface area contributed by atoms with Crippen LogP contribution in [0.4, 0.5) is 4.39 Å². The van der Waals surface area contributed by atoms with E-state index >= 15 is 0 Å². The predicted molar refractivity (Wildman–Crippen MR) is 89.0 cm³/mol. The number of aryl methyl sites for hydroxylation is 1. The number of amides is 1. The summed E-state index contributed by atoms with van der Waals surface area (Å²) in [6.45, 7) is 1.77. The lowest BCUT2D eigenvalue weighted by molar-refractivity contribution is -0.133. The molecular formula is C19H20FNO3. The van der Waals surface area contributed by atoms with E-state index in [2.05, 4.69) is 0 Å². The number of nitrogens with zero attached hydrogens (tertiary/aromatic N) is 1. The minimum atomic E-state index is -0.551. The van der Waals surface area contributed by atoms with E-state index in [0.29, 0.717) is 11.1 Å². The number of carbonyl (C=O) groups excluding carboxylic acids is 2. The van der Waals surface area contributed by atoms with Gasteiger partial charge in [-0.05, 0) is 30.2 Å². The maximum atomic E-state index is 13.6. The van der Waals surface area contributed by atoms with Crippen molar-refractivity contribution in [2.24, 2.45) is 0 Å². The highest BCUT2D eigenvalue weighted by Gasteiger charge is 2.15. The topological polar surface area (TPSA) is 46.6 Å². The molecule has 0 heterocycles. The number of hydrogen-bond acceptors (Lipinski definition) is 3. The Bertz CT molecular complexity index is 713. The lowest BCUT2D eigenvalue weighted by Crippen LogP contribution is -2.31. The molecule has 0 unspecified atom stereocenters. The third-order valence-electron chi connectivity index (χ3n) is 3.72. The Morgan fingerprint density at radius 3 is 2.38 bits per heavy atom. The third-order valence-corrected chi connectivity index (χ3v) is 3.72. The number of hydrogen-bond donors (Lipinski definition) is 0. The maximum absolute atomic E-state index is 13.6. The van der Waals surface area contributed by atoms with Gasteiger partial charge in [-0.15, -0.1) is 0 Å². The summed E-state index contributed by atoms with van der Waals surface area (Å²) in [7, 11) is 1.54. The zero-order valence-electron chi connectivity index (χ0n) is 13.8. The zero-order valence-corrected chi connectivity index (χ0v) is 13.8. The molecule has 0 aliphatic heterocycles. The lowest BCUT2D eigenvalue weighted by Gasteiger charge is -2.17. The molecule has 0 saturated heterocycles. The normalized spacial score (nSPS) is 10.3. The van der Waals surface area contributed by atoms with Gasteiger partial charge in [0.25, 0.3) is 5.91 Å². The van der Waals surface area contributed by atoms with Gasteiger partial charge in [-0.1, -0.05) is 37.3 Å². The third kappa shape index (κ3) is 4.65. The van der Waals surface area contributed by atoms with Crippen LogP contribution in [0, 0.1) is 5.82 Å². The van der Waals surface area contributed by atoms with Crippen LogP contribution in [-0.4, -0.2) is 30.4 Å². The molecule has 24 heavy (non-hydrogen) atoms. The number of halogens is 1. The zero-order chi connectivity index (χ0) is 17.5. The second kappa shape index (κ2) is 8.24. The van der Waals surface area contributed by atoms with Gasteiger partial charge in [-0.25, -0.2) is 9.18 Å². The molecule has 1 amide bonds. The fourth-order valence-corrected chi connectivity index (χ4v) is 2.17. The molecule has 0 aliphatic carbocycles. The van der Waals surface area contributed by atoms with Crippen LogP contribution in [0.2, 0.25) is 0 Å². The molecule has 2 aromatic carbocycles. The summed E-state index contributed by atoms with van der Waals surface area (Å²) < 4.78 is 18.6. The number of likely N-dealkylation sites (N-methyl/N-ethyl adjacent to an activating group) is 1. The molecule has 2 aromatic rings. The van der Waals surface area contributed by atoms with Crippen molar-refractivity contribution in [3.63, 3.8) is 0 Å². The molecule has 0 atom stereocenters. The highest BCUT2D eigenvalue weighted by Crippen LogP contribution is 2.10. The van der Waals surface area contributed by atoms with E-state index in [-0.39, 0.29) is 19.0 Å². The van der Waals surface area contributed by atoms with Crippen LogP contribution in [0.25, 0.3) is 0 Å². The average Bonchev–Trinajstić information content (AvgIpc) is 2.61. The summed E-state index contributed by atoms with van der Waals surface area (Å²) in [6, 6.07) is 13.3. The maximum Gasteiger partial charge on any atom is 0.338 e. The smallest absolute Gasteiger partial charge is 0.338 e. The van der Waals surface area contributed by atoms with Gasteiger partial charge in [-0.2, -0.15) is 0 Å². The highest BCUT2D eigenvalue weighted by atomic mass is 19.1. The molecule has 0 saturated carbocycles. The van der Waals surface area contributed by atoms with Crippen LogP contribution >= 0.6 is 0 Å². The highest BCUT2D eigenvalue weighted by molar-refractivity contribution is 5.91. The Morgan fingerprint density at radius 2 is 1.75 bits per heavy atom. The van der Waals surface area contributed by atoms with Gasteiger partial charge in [-0.3, -0.25) is 4.79 Å². The van der Waals surface area contributed by atoms with Gasteiger partial charge < -0.3 is 9.64 Å². The summed E-state index contributed by atoms with van der Waals surface area (Å²) in [5.74, 6) is -1.31. The Labute approximate surface area is 140 Å². The number of esters is 1. The van der Waals surface area contributed by atoms with Gasteiger partial charge >= 0.3 is 5.97 Å². The number of carbonyl (C=O) groups is 2. The van der Waals surface area contributed by atoms with Crippen molar-refractivity contribution < 1.29 is 18.7 Å². The van der Waals surface area contributed by atoms with Crippen molar-refractivity contribution in [1.29, 1.82) is 0 Å². The summed E-state index contributed by atoms with van der Waals surface area (Å²) in [5.41, 5.74) is 1.93. The molecule has 0 aliphatic rings. The predicted octanol–water partition coefficient (Wildman–Crippen LogP) is 3.20. The summed E-state index contributed by atoms with van der Waals surface area (Å²) in [4.78, 5) is 25.3. The number of benzene rings is 2. The molecular weight excluding hydrogens is 309 g/mol. The fraction of sp³-hybridized carbons (Fsp3) is 0.263. The molecule has 0 bridgehead atoms. The Morgan fingerprint density at radius 1 is 1.08 bits per heavy atom. The number of ether oxygens (including phenoxy) is 1. The van der Waals surface area contributed by atoms with Crippen molar-refractivity contribution in [3.8, 4) is 0 Å². The van der Waals surface area contributed by atoms with E-state index in [1.807, 2.05) is 19.1 Å². The molecule has 0 fully saturated rings. The summed E-state index contributed by atoms with van der Waals surface area (Å²) in [5, 5.41) is 0. The second-order valence-electron chi connectivity index (χ2n) is 5.47. The van der Waals surface area contributed by atoms with Gasteiger partial charge in [0.05, 0.1) is 5.56 Å². The van der Waals surface area contributed by atoms with E-state index in [4.69, 9.17) is 4.74 Å². The monoisotopic (exact) mass is 329 g/mol. The fourth-order valence-electron chi connectivity index (χ4n) is 2.17. The average molecular weight is 329 g/mol. The minimum Gasteiger partial charge on any atom is -0.452 e. The number of rotatable bonds is 6. The molecule has 4 nitrogen and oxygen atoms in total. The van der Waals surface area contributed by atoms with E-state index in [0.717, 1.165) is 12.0 Å². The first kappa shape index (κ1) is 17.7. The Kier molecular flexibility index (Phi) is 6.07. The van der Waals surface area contributed by atoms with Crippen molar-refractivity contribution >= 4 is 11.9 Å². The van der Waals surface area contributed by atoms with Crippen LogP contribution in [0.5, 0.6) is 0 Å². The van der Waals surface area contributed by atoms with Crippen LogP contribution in [0.3, 0.4) is 0 Å². The van der Waals surface area contributed by atoms with E-state index in [1.165, 1.54) is 11.0 Å². The lowest BCUT2D eigenvalue weighted by atomic mass is 10.1. The van der Waals surface area contributed by atoms with Crippen LogP contribution < -0.4 is 0 Å². The molecule has 0 spiro atoms. The van der Waals surface area contributed by atoms with Crippen LogP contribution in [-0.2, 0) is 22.5 Å².